The molecule has 0 saturated heterocycles. The van der Waals surface area contributed by atoms with Crippen molar-refractivity contribution in [3.05, 3.63) is 23.2 Å². The molecular weight excluding hydrogens is 272 g/mol. The van der Waals surface area contributed by atoms with E-state index < -0.39 is 17.9 Å². The molecule has 0 heterocycles. The number of carboxylic acid groups (broad SMARTS) is 1. The van der Waals surface area contributed by atoms with E-state index in [1.54, 1.807) is 12.1 Å². The van der Waals surface area contributed by atoms with E-state index in [0.29, 0.717) is 16.5 Å². The van der Waals surface area contributed by atoms with Gasteiger partial charge >= 0.3 is 5.97 Å². The smallest absolute Gasteiger partial charge is 0.303 e. The fraction of sp³-hybridized carbons (Fsp3) is 0.333. The highest BCUT2D eigenvalue weighted by molar-refractivity contribution is 6.31. The van der Waals surface area contributed by atoms with Crippen LogP contribution < -0.4 is 15.8 Å². The summed E-state index contributed by atoms with van der Waals surface area (Å²) in [6, 6.07) is 3.86. The molecule has 19 heavy (non-hydrogen) atoms. The number of carbonyl (C=O) groups excluding carboxylic acids is 1. The molecule has 0 spiro atoms. The molecule has 104 valence electrons. The topological polar surface area (TPSA) is 102 Å². The van der Waals surface area contributed by atoms with E-state index in [4.69, 9.17) is 27.2 Å². The lowest BCUT2D eigenvalue weighted by Gasteiger charge is -2.14. The average molecular weight is 287 g/mol. The van der Waals surface area contributed by atoms with Crippen molar-refractivity contribution in [3.63, 3.8) is 0 Å². The number of anilines is 1. The van der Waals surface area contributed by atoms with Gasteiger partial charge in [-0.3, -0.25) is 9.59 Å². The Bertz CT molecular complexity index is 479. The summed E-state index contributed by atoms with van der Waals surface area (Å²) < 4.78 is 5.07. The van der Waals surface area contributed by atoms with E-state index >= 15 is 0 Å². The number of aliphatic carboxylic acids is 1. The van der Waals surface area contributed by atoms with Gasteiger partial charge in [0, 0.05) is 11.4 Å². The maximum atomic E-state index is 11.8. The van der Waals surface area contributed by atoms with Crippen LogP contribution in [0.2, 0.25) is 5.02 Å². The standard InChI is InChI=1S/C12H15ClN2O4/c1-19-10-4-2-7(13)6-9(10)15-12(18)8(14)3-5-11(16)17/h2,4,6,8H,3,5,14H2,1H3,(H,15,18)(H,16,17). The summed E-state index contributed by atoms with van der Waals surface area (Å²) >= 11 is 5.82. The molecule has 7 heteroatoms. The molecule has 0 radical (unpaired) electrons. The van der Waals surface area contributed by atoms with Crippen LogP contribution in [0.1, 0.15) is 12.8 Å². The number of halogens is 1. The van der Waals surface area contributed by atoms with Crippen LogP contribution in [0.4, 0.5) is 5.69 Å². The lowest BCUT2D eigenvalue weighted by atomic mass is 10.1. The minimum Gasteiger partial charge on any atom is -0.495 e. The van der Waals surface area contributed by atoms with Gasteiger partial charge in [-0.2, -0.15) is 0 Å². The lowest BCUT2D eigenvalue weighted by Crippen LogP contribution is -2.36. The number of rotatable bonds is 6. The van der Waals surface area contributed by atoms with Crippen LogP contribution in [0, 0.1) is 0 Å². The minimum atomic E-state index is -0.997. The van der Waals surface area contributed by atoms with E-state index in [2.05, 4.69) is 5.32 Å². The predicted molar refractivity (Wildman–Crippen MR) is 71.5 cm³/mol. The van der Waals surface area contributed by atoms with E-state index in [9.17, 15) is 9.59 Å². The first-order valence-electron chi connectivity index (χ1n) is 5.56. The van der Waals surface area contributed by atoms with Crippen LogP contribution in [0.15, 0.2) is 18.2 Å². The van der Waals surface area contributed by atoms with Gasteiger partial charge in [-0.1, -0.05) is 11.6 Å². The summed E-state index contributed by atoms with van der Waals surface area (Å²) in [5.74, 6) is -1.03. The molecule has 0 aliphatic carbocycles. The van der Waals surface area contributed by atoms with Crippen LogP contribution in [0.5, 0.6) is 5.75 Å². The van der Waals surface area contributed by atoms with Gasteiger partial charge in [0.1, 0.15) is 5.75 Å². The molecule has 1 aromatic carbocycles. The van der Waals surface area contributed by atoms with Crippen LogP contribution in [0.3, 0.4) is 0 Å². The van der Waals surface area contributed by atoms with Gasteiger partial charge in [0.25, 0.3) is 0 Å². The van der Waals surface area contributed by atoms with Gasteiger partial charge < -0.3 is 20.9 Å². The Morgan fingerprint density at radius 1 is 1.53 bits per heavy atom. The molecule has 0 aliphatic rings. The average Bonchev–Trinajstić information content (AvgIpc) is 2.36. The molecule has 0 bridgehead atoms. The van der Waals surface area contributed by atoms with Gasteiger partial charge in [-0.05, 0) is 24.6 Å². The molecule has 1 atom stereocenters. The largest absolute Gasteiger partial charge is 0.495 e. The molecule has 1 unspecified atom stereocenters. The molecule has 0 aromatic heterocycles. The Balaban J connectivity index is 2.70. The van der Waals surface area contributed by atoms with Gasteiger partial charge in [-0.25, -0.2) is 0 Å². The third-order valence-corrected chi connectivity index (χ3v) is 2.66. The Morgan fingerprint density at radius 2 is 2.21 bits per heavy atom. The SMILES string of the molecule is COc1ccc(Cl)cc1NC(=O)C(N)CCC(=O)O. The van der Waals surface area contributed by atoms with Crippen LogP contribution in [0.25, 0.3) is 0 Å². The Kier molecular flexibility index (Phi) is 5.59. The number of hydrogen-bond acceptors (Lipinski definition) is 4. The maximum absolute atomic E-state index is 11.8. The highest BCUT2D eigenvalue weighted by Crippen LogP contribution is 2.27. The first-order chi connectivity index (χ1) is 8.93. The lowest BCUT2D eigenvalue weighted by molar-refractivity contribution is -0.137. The van der Waals surface area contributed by atoms with Crippen LogP contribution in [-0.4, -0.2) is 30.1 Å². The Morgan fingerprint density at radius 3 is 2.79 bits per heavy atom. The highest BCUT2D eigenvalue weighted by Gasteiger charge is 2.16. The monoisotopic (exact) mass is 286 g/mol. The normalized spacial score (nSPS) is 11.7. The van der Waals surface area contributed by atoms with Crippen molar-refractivity contribution in [1.29, 1.82) is 0 Å². The number of benzene rings is 1. The molecule has 6 nitrogen and oxygen atoms in total. The van der Waals surface area contributed by atoms with Gasteiger partial charge in [0.05, 0.1) is 18.8 Å². The van der Waals surface area contributed by atoms with Crippen molar-refractivity contribution >= 4 is 29.2 Å². The molecule has 0 saturated carbocycles. The summed E-state index contributed by atoms with van der Waals surface area (Å²) in [7, 11) is 1.46. The van der Waals surface area contributed by atoms with Crippen molar-refractivity contribution < 1.29 is 19.4 Å². The molecule has 4 N–H and O–H groups in total. The van der Waals surface area contributed by atoms with Crippen molar-refractivity contribution in [2.45, 2.75) is 18.9 Å². The molecule has 1 rings (SSSR count). The molecule has 0 fully saturated rings. The van der Waals surface area contributed by atoms with Gasteiger partial charge in [0.2, 0.25) is 5.91 Å². The second kappa shape index (κ2) is 6.96. The first-order valence-corrected chi connectivity index (χ1v) is 5.93. The molecule has 1 amide bonds. The minimum absolute atomic E-state index is 0.0596. The summed E-state index contributed by atoms with van der Waals surface area (Å²) in [6.07, 6.45) is -0.106. The number of amides is 1. The first kappa shape index (κ1) is 15.3. The molecule has 0 aliphatic heterocycles. The van der Waals surface area contributed by atoms with E-state index in [0.717, 1.165) is 0 Å². The molecule has 1 aromatic rings. The second-order valence-electron chi connectivity index (χ2n) is 3.87. The zero-order chi connectivity index (χ0) is 14.4. The maximum Gasteiger partial charge on any atom is 0.303 e. The number of methoxy groups -OCH3 is 1. The zero-order valence-corrected chi connectivity index (χ0v) is 11.1. The predicted octanol–water partition coefficient (Wildman–Crippen LogP) is 1.48. The fourth-order valence-corrected chi connectivity index (χ4v) is 1.59. The van der Waals surface area contributed by atoms with E-state index in [1.807, 2.05) is 0 Å². The number of carbonyl (C=O) groups is 2. The van der Waals surface area contributed by atoms with Crippen molar-refractivity contribution in [1.82, 2.24) is 0 Å². The van der Waals surface area contributed by atoms with Gasteiger partial charge in [0.15, 0.2) is 0 Å². The number of nitrogens with two attached hydrogens (primary N) is 1. The number of ether oxygens (including phenoxy) is 1. The van der Waals surface area contributed by atoms with Crippen molar-refractivity contribution in [3.8, 4) is 5.75 Å². The number of hydrogen-bond donors (Lipinski definition) is 3. The van der Waals surface area contributed by atoms with E-state index in [1.165, 1.54) is 13.2 Å². The fourth-order valence-electron chi connectivity index (χ4n) is 1.41. The number of carboxylic acids is 1. The summed E-state index contributed by atoms with van der Waals surface area (Å²) in [5, 5.41) is 11.5. The second-order valence-corrected chi connectivity index (χ2v) is 4.31. The highest BCUT2D eigenvalue weighted by atomic mass is 35.5. The quantitative estimate of drug-likeness (QED) is 0.735. The third-order valence-electron chi connectivity index (χ3n) is 2.43. The number of nitrogens with one attached hydrogen (secondary N) is 1. The summed E-state index contributed by atoms with van der Waals surface area (Å²) in [4.78, 5) is 22.2. The Labute approximate surface area is 115 Å². The third kappa shape index (κ3) is 4.76. The van der Waals surface area contributed by atoms with Crippen molar-refractivity contribution in [2.24, 2.45) is 5.73 Å². The Hall–Kier alpha value is -1.79. The van der Waals surface area contributed by atoms with Gasteiger partial charge in [-0.15, -0.1) is 0 Å². The van der Waals surface area contributed by atoms with Crippen LogP contribution >= 0.6 is 11.6 Å². The van der Waals surface area contributed by atoms with E-state index in [-0.39, 0.29) is 12.8 Å². The van der Waals surface area contributed by atoms with Crippen LogP contribution in [-0.2, 0) is 9.59 Å². The van der Waals surface area contributed by atoms with Crippen molar-refractivity contribution in [2.75, 3.05) is 12.4 Å². The molecular formula is C12H15ClN2O4. The summed E-state index contributed by atoms with van der Waals surface area (Å²) in [6.45, 7) is 0. The summed E-state index contributed by atoms with van der Waals surface area (Å²) in [5.41, 5.74) is 5.99. The zero-order valence-electron chi connectivity index (χ0n) is 10.4.